The normalized spacial score (nSPS) is 10.3. The molecule has 0 saturated heterocycles. The first-order chi connectivity index (χ1) is 9.76. The number of aromatic nitrogens is 1. The van der Waals surface area contributed by atoms with Gasteiger partial charge in [0.05, 0.1) is 11.3 Å². The van der Waals surface area contributed by atoms with E-state index >= 15 is 0 Å². The highest BCUT2D eigenvalue weighted by Crippen LogP contribution is 2.32. The first-order valence-electron chi connectivity index (χ1n) is 6.08. The molecule has 0 spiro atoms. The standard InChI is InChI=1S/C16H11N3S/c17-9-11-7-15(18)16(19-10-11)20-14-6-5-12-3-1-2-4-13(12)8-14/h1-8,10H,18H2. The zero-order valence-corrected chi connectivity index (χ0v) is 11.4. The SMILES string of the molecule is N#Cc1cnc(Sc2ccc3ccccc3c2)c(N)c1. The molecule has 20 heavy (non-hydrogen) atoms. The van der Waals surface area contributed by atoms with E-state index in [4.69, 9.17) is 11.0 Å². The molecule has 0 saturated carbocycles. The summed E-state index contributed by atoms with van der Waals surface area (Å²) in [5.74, 6) is 0. The van der Waals surface area contributed by atoms with Gasteiger partial charge in [0.25, 0.3) is 0 Å². The lowest BCUT2D eigenvalue weighted by molar-refractivity contribution is 1.13. The van der Waals surface area contributed by atoms with E-state index in [9.17, 15) is 0 Å². The fourth-order valence-electron chi connectivity index (χ4n) is 1.96. The van der Waals surface area contributed by atoms with Gasteiger partial charge in [-0.05, 0) is 29.0 Å². The molecule has 0 fully saturated rings. The van der Waals surface area contributed by atoms with Crippen LogP contribution in [0.4, 0.5) is 5.69 Å². The third kappa shape index (κ3) is 2.44. The zero-order valence-electron chi connectivity index (χ0n) is 10.6. The van der Waals surface area contributed by atoms with Crippen molar-refractivity contribution in [1.82, 2.24) is 4.98 Å². The minimum absolute atomic E-state index is 0.477. The molecule has 3 rings (SSSR count). The van der Waals surface area contributed by atoms with Crippen molar-refractivity contribution in [2.75, 3.05) is 5.73 Å². The van der Waals surface area contributed by atoms with Gasteiger partial charge in [-0.25, -0.2) is 4.98 Å². The Morgan fingerprint density at radius 2 is 1.85 bits per heavy atom. The molecule has 0 aliphatic carbocycles. The van der Waals surface area contributed by atoms with E-state index in [2.05, 4.69) is 29.2 Å². The summed E-state index contributed by atoms with van der Waals surface area (Å²) < 4.78 is 0. The van der Waals surface area contributed by atoms with E-state index in [0.29, 0.717) is 11.3 Å². The first kappa shape index (κ1) is 12.5. The summed E-state index contributed by atoms with van der Waals surface area (Å²) in [5.41, 5.74) is 6.93. The van der Waals surface area contributed by atoms with Crippen LogP contribution in [-0.4, -0.2) is 4.98 Å². The van der Waals surface area contributed by atoms with E-state index < -0.39 is 0 Å². The second-order valence-corrected chi connectivity index (χ2v) is 5.40. The Labute approximate surface area is 121 Å². The van der Waals surface area contributed by atoms with Crippen LogP contribution in [0.25, 0.3) is 10.8 Å². The number of nitrogens with zero attached hydrogens (tertiary/aromatic N) is 2. The second-order valence-electron chi connectivity index (χ2n) is 4.34. The second kappa shape index (κ2) is 5.24. The van der Waals surface area contributed by atoms with Crippen LogP contribution >= 0.6 is 11.8 Å². The Morgan fingerprint density at radius 1 is 1.05 bits per heavy atom. The molecule has 0 amide bonds. The summed E-state index contributed by atoms with van der Waals surface area (Å²) in [4.78, 5) is 5.32. The average Bonchev–Trinajstić information content (AvgIpc) is 2.49. The van der Waals surface area contributed by atoms with Crippen LogP contribution in [0.1, 0.15) is 5.56 Å². The molecule has 2 aromatic carbocycles. The summed E-state index contributed by atoms with van der Waals surface area (Å²) >= 11 is 1.50. The maximum Gasteiger partial charge on any atom is 0.124 e. The van der Waals surface area contributed by atoms with Gasteiger partial charge < -0.3 is 5.73 Å². The number of nitrogens with two attached hydrogens (primary N) is 1. The number of hydrogen-bond donors (Lipinski definition) is 1. The monoisotopic (exact) mass is 277 g/mol. The summed E-state index contributed by atoms with van der Waals surface area (Å²) in [7, 11) is 0. The Bertz CT molecular complexity index is 821. The van der Waals surface area contributed by atoms with Crippen molar-refractivity contribution >= 4 is 28.2 Å². The fraction of sp³-hybridized carbons (Fsp3) is 0. The van der Waals surface area contributed by atoms with Gasteiger partial charge in [0.1, 0.15) is 11.1 Å². The molecule has 0 aliphatic rings. The molecule has 96 valence electrons. The molecular formula is C16H11N3S. The maximum atomic E-state index is 8.81. The Morgan fingerprint density at radius 3 is 2.60 bits per heavy atom. The fourth-order valence-corrected chi connectivity index (χ4v) is 2.79. The van der Waals surface area contributed by atoms with Crippen molar-refractivity contribution in [3.05, 3.63) is 60.3 Å². The Kier molecular flexibility index (Phi) is 3.28. The Balaban J connectivity index is 1.95. The van der Waals surface area contributed by atoms with Gasteiger partial charge in [0.15, 0.2) is 0 Å². The van der Waals surface area contributed by atoms with Gasteiger partial charge in [-0.15, -0.1) is 0 Å². The molecule has 0 aliphatic heterocycles. The third-order valence-electron chi connectivity index (χ3n) is 2.94. The summed E-state index contributed by atoms with van der Waals surface area (Å²) in [6.07, 6.45) is 1.54. The van der Waals surface area contributed by atoms with Crippen LogP contribution in [0.3, 0.4) is 0 Å². The molecule has 1 heterocycles. The van der Waals surface area contributed by atoms with Crippen molar-refractivity contribution in [3.63, 3.8) is 0 Å². The highest BCUT2D eigenvalue weighted by atomic mass is 32.2. The highest BCUT2D eigenvalue weighted by molar-refractivity contribution is 7.99. The predicted molar refractivity (Wildman–Crippen MR) is 81.4 cm³/mol. The van der Waals surface area contributed by atoms with Gasteiger partial charge in [-0.3, -0.25) is 0 Å². The molecule has 0 unspecified atom stereocenters. The van der Waals surface area contributed by atoms with Gasteiger partial charge >= 0.3 is 0 Å². The number of rotatable bonds is 2. The van der Waals surface area contributed by atoms with E-state index in [0.717, 1.165) is 9.92 Å². The number of hydrogen-bond acceptors (Lipinski definition) is 4. The van der Waals surface area contributed by atoms with E-state index in [1.54, 1.807) is 12.3 Å². The van der Waals surface area contributed by atoms with Gasteiger partial charge in [-0.2, -0.15) is 5.26 Å². The number of benzene rings is 2. The van der Waals surface area contributed by atoms with E-state index in [1.165, 1.54) is 22.5 Å². The number of anilines is 1. The number of nitriles is 1. The molecule has 4 heteroatoms. The summed E-state index contributed by atoms with van der Waals surface area (Å²) in [5, 5.41) is 11.9. The lowest BCUT2D eigenvalue weighted by Crippen LogP contribution is -1.93. The van der Waals surface area contributed by atoms with Crippen molar-refractivity contribution in [2.24, 2.45) is 0 Å². The van der Waals surface area contributed by atoms with Crippen molar-refractivity contribution < 1.29 is 0 Å². The molecule has 0 radical (unpaired) electrons. The van der Waals surface area contributed by atoms with Crippen LogP contribution in [0.15, 0.2) is 64.6 Å². The van der Waals surface area contributed by atoms with Crippen LogP contribution in [0, 0.1) is 11.3 Å². The summed E-state index contributed by atoms with van der Waals surface area (Å²) in [6.45, 7) is 0. The summed E-state index contributed by atoms with van der Waals surface area (Å²) in [6, 6.07) is 18.1. The third-order valence-corrected chi connectivity index (χ3v) is 3.97. The molecular weight excluding hydrogens is 266 g/mol. The maximum absolute atomic E-state index is 8.81. The minimum Gasteiger partial charge on any atom is -0.396 e. The lowest BCUT2D eigenvalue weighted by Gasteiger charge is -2.06. The number of fused-ring (bicyclic) bond motifs is 1. The van der Waals surface area contributed by atoms with Crippen LogP contribution in [0.2, 0.25) is 0 Å². The predicted octanol–water partition coefficient (Wildman–Crippen LogP) is 3.84. The van der Waals surface area contributed by atoms with Gasteiger partial charge in [0, 0.05) is 11.1 Å². The van der Waals surface area contributed by atoms with Crippen molar-refractivity contribution in [3.8, 4) is 6.07 Å². The minimum atomic E-state index is 0.477. The lowest BCUT2D eigenvalue weighted by atomic mass is 10.1. The largest absolute Gasteiger partial charge is 0.396 e. The van der Waals surface area contributed by atoms with Crippen molar-refractivity contribution in [1.29, 1.82) is 5.26 Å². The quantitative estimate of drug-likeness (QED) is 0.773. The van der Waals surface area contributed by atoms with Crippen molar-refractivity contribution in [2.45, 2.75) is 9.92 Å². The van der Waals surface area contributed by atoms with Gasteiger partial charge in [-0.1, -0.05) is 42.1 Å². The van der Waals surface area contributed by atoms with E-state index in [1.807, 2.05) is 24.3 Å². The first-order valence-corrected chi connectivity index (χ1v) is 6.90. The van der Waals surface area contributed by atoms with Crippen LogP contribution in [0.5, 0.6) is 0 Å². The zero-order chi connectivity index (χ0) is 13.9. The molecule has 0 bridgehead atoms. The van der Waals surface area contributed by atoms with Gasteiger partial charge in [0.2, 0.25) is 0 Å². The highest BCUT2D eigenvalue weighted by Gasteiger charge is 2.05. The van der Waals surface area contributed by atoms with Crippen LogP contribution in [-0.2, 0) is 0 Å². The Hall–Kier alpha value is -2.51. The molecule has 0 atom stereocenters. The van der Waals surface area contributed by atoms with Crippen LogP contribution < -0.4 is 5.73 Å². The smallest absolute Gasteiger partial charge is 0.124 e. The molecule has 3 aromatic rings. The molecule has 1 aromatic heterocycles. The number of nitrogen functional groups attached to an aromatic ring is 1. The topological polar surface area (TPSA) is 62.7 Å². The molecule has 3 nitrogen and oxygen atoms in total. The number of pyridine rings is 1. The molecule has 2 N–H and O–H groups in total. The average molecular weight is 277 g/mol. The van der Waals surface area contributed by atoms with E-state index in [-0.39, 0.29) is 0 Å².